The average molecular weight is 454 g/mol. The van der Waals surface area contributed by atoms with Gasteiger partial charge in [0.05, 0.1) is 24.6 Å². The second kappa shape index (κ2) is 11.8. The van der Waals surface area contributed by atoms with Crippen molar-refractivity contribution >= 4 is 35.1 Å². The minimum Gasteiger partial charge on any atom is -0.481 e. The minimum absolute atomic E-state index is 0.0237. The second-order valence-corrected chi connectivity index (χ2v) is 7.02. The van der Waals surface area contributed by atoms with Crippen molar-refractivity contribution in [3.8, 4) is 0 Å². The molecule has 12 nitrogen and oxygen atoms in total. The maximum atomic E-state index is 11.4. The van der Waals surface area contributed by atoms with Crippen LogP contribution < -0.4 is 21.7 Å². The number of nitrogen functional groups attached to an aromatic ring is 2. The molecule has 2 rings (SSSR count). The molecular formula is C21H26N8O4. The molecule has 1 aromatic carbocycles. The number of carbonyl (C=O) groups is 2. The highest BCUT2D eigenvalue weighted by Gasteiger charge is 2.19. The van der Waals surface area contributed by atoms with Crippen LogP contribution >= 0.6 is 0 Å². The molecule has 0 spiro atoms. The van der Waals surface area contributed by atoms with E-state index in [2.05, 4.69) is 31.8 Å². The first-order chi connectivity index (χ1) is 15.7. The van der Waals surface area contributed by atoms with Crippen LogP contribution in [0.1, 0.15) is 24.1 Å². The predicted molar refractivity (Wildman–Crippen MR) is 123 cm³/mol. The maximum Gasteiger partial charge on any atom is 0.326 e. The third-order valence-corrected chi connectivity index (χ3v) is 4.44. The molecule has 33 heavy (non-hydrogen) atoms. The van der Waals surface area contributed by atoms with Crippen molar-refractivity contribution in [1.29, 1.82) is 0 Å². The van der Waals surface area contributed by atoms with Gasteiger partial charge in [-0.05, 0) is 24.1 Å². The molecule has 0 saturated heterocycles. The number of carboxylic acids is 2. The number of aliphatic carboxylic acids is 2. The van der Waals surface area contributed by atoms with E-state index in [4.69, 9.17) is 16.6 Å². The quantitative estimate of drug-likeness (QED) is 0.343. The number of aromatic nitrogens is 4. The zero-order chi connectivity index (χ0) is 24.4. The lowest BCUT2D eigenvalue weighted by molar-refractivity contribution is -0.140. The number of anilines is 3. The molecule has 0 fully saturated rings. The molecule has 0 aliphatic carbocycles. The fourth-order valence-corrected chi connectivity index (χ4v) is 2.74. The molecule has 0 aliphatic rings. The summed E-state index contributed by atoms with van der Waals surface area (Å²) < 4.78 is 0. The number of nitrogens with one attached hydrogen (secondary N) is 1. The summed E-state index contributed by atoms with van der Waals surface area (Å²) in [6.07, 6.45) is 3.83. The summed E-state index contributed by atoms with van der Waals surface area (Å²) in [6, 6.07) is 6.18. The van der Waals surface area contributed by atoms with Gasteiger partial charge in [0, 0.05) is 24.9 Å². The normalized spacial score (nSPS) is 11.1. The van der Waals surface area contributed by atoms with E-state index in [1.54, 1.807) is 12.1 Å². The Morgan fingerprint density at radius 2 is 1.85 bits per heavy atom. The van der Waals surface area contributed by atoms with Gasteiger partial charge in [-0.2, -0.15) is 4.98 Å². The van der Waals surface area contributed by atoms with Crippen LogP contribution in [0.25, 0.3) is 5.70 Å². The molecule has 0 amide bonds. The summed E-state index contributed by atoms with van der Waals surface area (Å²) in [5.41, 5.74) is 13.8. The van der Waals surface area contributed by atoms with Crippen LogP contribution in [0.15, 0.2) is 49.6 Å². The van der Waals surface area contributed by atoms with Gasteiger partial charge in [0.2, 0.25) is 5.95 Å². The molecule has 1 unspecified atom stereocenters. The van der Waals surface area contributed by atoms with Crippen LogP contribution in [0.3, 0.4) is 0 Å². The van der Waals surface area contributed by atoms with Crippen molar-refractivity contribution in [1.82, 2.24) is 25.3 Å². The molecule has 2 aromatic rings. The predicted octanol–water partition coefficient (Wildman–Crippen LogP) is 1.07. The van der Waals surface area contributed by atoms with Crippen LogP contribution in [0.2, 0.25) is 0 Å². The van der Waals surface area contributed by atoms with Crippen molar-refractivity contribution in [3.63, 3.8) is 0 Å². The fourth-order valence-electron chi connectivity index (χ4n) is 2.74. The summed E-state index contributed by atoms with van der Waals surface area (Å²) in [6.45, 7) is 4.27. The van der Waals surface area contributed by atoms with E-state index in [1.807, 2.05) is 24.1 Å². The highest BCUT2D eigenvalue weighted by molar-refractivity contribution is 5.78. The number of nitrogens with two attached hydrogens (primary N) is 2. The Balaban J connectivity index is 2.10. The van der Waals surface area contributed by atoms with Crippen LogP contribution in [0.4, 0.5) is 17.5 Å². The van der Waals surface area contributed by atoms with Gasteiger partial charge in [-0.1, -0.05) is 18.7 Å². The Bertz CT molecular complexity index is 1060. The molecule has 0 saturated carbocycles. The van der Waals surface area contributed by atoms with E-state index < -0.39 is 18.0 Å². The number of hydrogen-bond donors (Lipinski definition) is 5. The van der Waals surface area contributed by atoms with Crippen molar-refractivity contribution < 1.29 is 19.8 Å². The van der Waals surface area contributed by atoms with Crippen molar-refractivity contribution in [2.75, 3.05) is 23.4 Å². The third kappa shape index (κ3) is 8.28. The Hall–Kier alpha value is -4.48. The summed E-state index contributed by atoms with van der Waals surface area (Å²) in [5, 5.41) is 20.9. The van der Waals surface area contributed by atoms with Crippen molar-refractivity contribution in [2.45, 2.75) is 25.4 Å². The van der Waals surface area contributed by atoms with Crippen LogP contribution in [0.5, 0.6) is 0 Å². The third-order valence-electron chi connectivity index (χ3n) is 4.44. The summed E-state index contributed by atoms with van der Waals surface area (Å²) in [7, 11) is 1.86. The lowest BCUT2D eigenvalue weighted by atomic mass is 10.1. The van der Waals surface area contributed by atoms with E-state index in [0.29, 0.717) is 23.5 Å². The topological polar surface area (TPSA) is 193 Å². The van der Waals surface area contributed by atoms with E-state index in [1.165, 1.54) is 18.7 Å². The summed E-state index contributed by atoms with van der Waals surface area (Å²) >= 11 is 0. The molecule has 1 atom stereocenters. The number of carboxylic acid groups (broad SMARTS) is 2. The van der Waals surface area contributed by atoms with Gasteiger partial charge >= 0.3 is 11.9 Å². The van der Waals surface area contributed by atoms with Crippen LogP contribution in [0, 0.1) is 0 Å². The highest BCUT2D eigenvalue weighted by Crippen LogP contribution is 2.19. The zero-order valence-corrected chi connectivity index (χ0v) is 18.0. The van der Waals surface area contributed by atoms with E-state index in [0.717, 1.165) is 5.69 Å². The van der Waals surface area contributed by atoms with E-state index in [9.17, 15) is 14.7 Å². The van der Waals surface area contributed by atoms with Crippen molar-refractivity contribution in [3.05, 3.63) is 60.8 Å². The van der Waals surface area contributed by atoms with Gasteiger partial charge < -0.3 is 31.9 Å². The van der Waals surface area contributed by atoms with Gasteiger partial charge in [-0.25, -0.2) is 14.8 Å². The molecule has 0 radical (unpaired) electrons. The monoisotopic (exact) mass is 454 g/mol. The maximum absolute atomic E-state index is 11.4. The Morgan fingerprint density at radius 1 is 1.15 bits per heavy atom. The summed E-state index contributed by atoms with van der Waals surface area (Å²) in [5.74, 6) is -2.12. The van der Waals surface area contributed by atoms with Gasteiger partial charge in [0.1, 0.15) is 18.2 Å². The first-order valence-electron chi connectivity index (χ1n) is 9.79. The largest absolute Gasteiger partial charge is 0.481 e. The average Bonchev–Trinajstić information content (AvgIpc) is 2.76. The number of nitrogens with zero attached hydrogens (tertiary/aromatic N) is 5. The van der Waals surface area contributed by atoms with E-state index in [-0.39, 0.29) is 24.6 Å². The number of rotatable bonds is 10. The molecular weight excluding hydrogens is 428 g/mol. The van der Waals surface area contributed by atoms with Gasteiger partial charge in [-0.3, -0.25) is 9.78 Å². The second-order valence-electron chi connectivity index (χ2n) is 7.02. The zero-order valence-electron chi connectivity index (χ0n) is 18.0. The van der Waals surface area contributed by atoms with Crippen LogP contribution in [-0.4, -0.2) is 55.2 Å². The van der Waals surface area contributed by atoms with Crippen LogP contribution in [-0.2, 0) is 16.1 Å². The Labute approximate surface area is 190 Å². The Kier molecular flexibility index (Phi) is 8.85. The molecule has 12 heteroatoms. The smallest absolute Gasteiger partial charge is 0.326 e. The molecule has 0 aliphatic heterocycles. The number of benzene rings is 1. The lowest BCUT2D eigenvalue weighted by Gasteiger charge is -2.20. The summed E-state index contributed by atoms with van der Waals surface area (Å²) in [4.78, 5) is 40.0. The van der Waals surface area contributed by atoms with Gasteiger partial charge in [0.15, 0.2) is 0 Å². The molecule has 7 N–H and O–H groups in total. The van der Waals surface area contributed by atoms with Crippen molar-refractivity contribution in [2.24, 2.45) is 0 Å². The molecule has 174 valence electrons. The SMILES string of the molecule is C=C(NC(CCC(=O)O)C(=O)O)c1ccc(N(C)Cc2cncnc(N)nc(N)cn2)cc1. The Morgan fingerprint density at radius 3 is 2.48 bits per heavy atom. The standard InChI is InChI=1S/C21H26N8O4/c1-13(27-17(20(32)33)7-8-19(30)31)14-3-5-16(6-4-14)29(2)11-15-9-24-12-26-21(23)28-18(22)10-25-15/h3-6,9-10,12,17,27H,1,7-8,11H2,2H3,(H,30,31)(H,32,33)(H4,22,23,24,26,28). The lowest BCUT2D eigenvalue weighted by Crippen LogP contribution is -2.35. The van der Waals surface area contributed by atoms with Gasteiger partial charge in [-0.15, -0.1) is 0 Å². The molecule has 1 heterocycles. The minimum atomic E-state index is -1.14. The fraction of sp³-hybridized carbons (Fsp3) is 0.238. The van der Waals surface area contributed by atoms with E-state index >= 15 is 0 Å². The first-order valence-corrected chi connectivity index (χ1v) is 9.79. The number of hydrogen-bond acceptors (Lipinski definition) is 10. The molecule has 1 aromatic heterocycles. The van der Waals surface area contributed by atoms with Gasteiger partial charge in [0.25, 0.3) is 0 Å². The first kappa shape index (κ1) is 24.8. The molecule has 0 bridgehead atoms. The highest BCUT2D eigenvalue weighted by atomic mass is 16.4.